The summed E-state index contributed by atoms with van der Waals surface area (Å²) in [6.45, 7) is 5.40. The SMILES string of the molecule is CC(C)(C)N(CCN(Cc1ccc(F)c(Cl)c1)C(=O)c1oc(COC2CCCCO2)cc(=O)c1OCc1ccccc1)C(=O)O. The van der Waals surface area contributed by atoms with Gasteiger partial charge in [-0.1, -0.05) is 48.0 Å². The first-order valence-corrected chi connectivity index (χ1v) is 15.1. The monoisotopic (exact) mass is 644 g/mol. The van der Waals surface area contributed by atoms with Gasteiger partial charge in [0.15, 0.2) is 6.29 Å². The molecule has 0 radical (unpaired) electrons. The van der Waals surface area contributed by atoms with Gasteiger partial charge in [0.05, 0.1) is 5.02 Å². The highest BCUT2D eigenvalue weighted by atomic mass is 35.5. The van der Waals surface area contributed by atoms with E-state index in [9.17, 15) is 23.9 Å². The van der Waals surface area contributed by atoms with Crippen molar-refractivity contribution in [1.29, 1.82) is 0 Å². The topological polar surface area (TPSA) is 119 Å². The number of ether oxygens (including phenoxy) is 3. The average molecular weight is 645 g/mol. The van der Waals surface area contributed by atoms with Gasteiger partial charge >= 0.3 is 6.09 Å². The van der Waals surface area contributed by atoms with Gasteiger partial charge in [-0.05, 0) is 63.3 Å². The predicted molar refractivity (Wildman–Crippen MR) is 165 cm³/mol. The minimum atomic E-state index is -1.16. The van der Waals surface area contributed by atoms with Gasteiger partial charge in [0.25, 0.3) is 5.91 Å². The molecule has 4 rings (SSSR count). The van der Waals surface area contributed by atoms with Gasteiger partial charge in [0, 0.05) is 37.8 Å². The Labute approximate surface area is 266 Å². The van der Waals surface area contributed by atoms with E-state index in [2.05, 4.69) is 0 Å². The number of hydrogen-bond donors (Lipinski definition) is 1. The third kappa shape index (κ3) is 9.53. The summed E-state index contributed by atoms with van der Waals surface area (Å²) in [7, 11) is 0. The lowest BCUT2D eigenvalue weighted by Crippen LogP contribution is -2.49. The second-order valence-corrected chi connectivity index (χ2v) is 12.1. The molecule has 2 heterocycles. The fourth-order valence-corrected chi connectivity index (χ4v) is 5.02. The molecule has 0 saturated carbocycles. The van der Waals surface area contributed by atoms with Crippen LogP contribution in [0.5, 0.6) is 5.75 Å². The third-order valence-corrected chi connectivity index (χ3v) is 7.49. The second kappa shape index (κ2) is 15.4. The van der Waals surface area contributed by atoms with Crippen LogP contribution in [-0.4, -0.2) is 58.4 Å². The average Bonchev–Trinajstić information content (AvgIpc) is 3.00. The molecule has 1 fully saturated rings. The first kappa shape index (κ1) is 34.0. The first-order chi connectivity index (χ1) is 21.4. The molecule has 1 atom stereocenters. The molecule has 0 bridgehead atoms. The maximum Gasteiger partial charge on any atom is 0.407 e. The molecular formula is C33H38ClFN2O8. The number of benzene rings is 2. The van der Waals surface area contributed by atoms with Crippen molar-refractivity contribution in [3.05, 3.63) is 98.3 Å². The zero-order chi connectivity index (χ0) is 32.6. The molecule has 1 saturated heterocycles. The Morgan fingerprint density at radius 3 is 2.44 bits per heavy atom. The van der Waals surface area contributed by atoms with Gasteiger partial charge < -0.3 is 33.5 Å². The quantitative estimate of drug-likeness (QED) is 0.238. The van der Waals surface area contributed by atoms with Crippen LogP contribution in [0.15, 0.2) is 63.8 Å². The molecule has 45 heavy (non-hydrogen) atoms. The summed E-state index contributed by atoms with van der Waals surface area (Å²) in [4.78, 5) is 42.2. The summed E-state index contributed by atoms with van der Waals surface area (Å²) in [6, 6.07) is 14.4. The fraction of sp³-hybridized carbons (Fsp3) is 0.424. The van der Waals surface area contributed by atoms with E-state index in [1.807, 2.05) is 30.3 Å². The number of carbonyl (C=O) groups excluding carboxylic acids is 1. The van der Waals surface area contributed by atoms with Gasteiger partial charge in [0.2, 0.25) is 16.9 Å². The number of hydrogen-bond acceptors (Lipinski definition) is 7. The first-order valence-electron chi connectivity index (χ1n) is 14.7. The van der Waals surface area contributed by atoms with Crippen LogP contribution in [0.1, 0.15) is 67.5 Å². The second-order valence-electron chi connectivity index (χ2n) is 11.7. The van der Waals surface area contributed by atoms with Crippen LogP contribution in [-0.2, 0) is 29.2 Å². The molecule has 1 unspecified atom stereocenters. The van der Waals surface area contributed by atoms with Gasteiger partial charge in [0.1, 0.15) is 24.8 Å². The molecule has 242 valence electrons. The molecule has 12 heteroatoms. The highest BCUT2D eigenvalue weighted by molar-refractivity contribution is 6.30. The molecule has 1 N–H and O–H groups in total. The summed E-state index contributed by atoms with van der Waals surface area (Å²) >= 11 is 6.02. The van der Waals surface area contributed by atoms with Crippen LogP contribution in [0.3, 0.4) is 0 Å². The van der Waals surface area contributed by atoms with Crippen molar-refractivity contribution in [3.8, 4) is 5.75 Å². The van der Waals surface area contributed by atoms with E-state index in [4.69, 9.17) is 30.2 Å². The lowest BCUT2D eigenvalue weighted by Gasteiger charge is -2.35. The highest BCUT2D eigenvalue weighted by Gasteiger charge is 2.30. The maximum atomic E-state index is 14.3. The zero-order valence-electron chi connectivity index (χ0n) is 25.6. The molecule has 2 aromatic carbocycles. The summed E-state index contributed by atoms with van der Waals surface area (Å²) in [5, 5.41) is 9.72. The lowest BCUT2D eigenvalue weighted by molar-refractivity contribution is -0.171. The molecule has 3 aromatic rings. The van der Waals surface area contributed by atoms with Crippen LogP contribution in [0, 0.1) is 5.82 Å². The van der Waals surface area contributed by atoms with E-state index in [1.54, 1.807) is 20.8 Å². The Morgan fingerprint density at radius 1 is 1.04 bits per heavy atom. The predicted octanol–water partition coefficient (Wildman–Crippen LogP) is 6.48. The standard InChI is InChI=1S/C33H38ClFN2O8/c1-33(2,3)37(32(40)41)15-14-36(19-23-12-13-26(35)25(34)17-23)31(39)30-29(44-20-22-9-5-4-6-10-22)27(38)18-24(45-30)21-43-28-11-7-8-16-42-28/h4-6,9-10,12-13,17-18,28H,7-8,11,14-16,19-21H2,1-3H3,(H,40,41). The molecule has 0 spiro atoms. The van der Waals surface area contributed by atoms with Crippen LogP contribution in [0.2, 0.25) is 5.02 Å². The minimum Gasteiger partial charge on any atom is -0.481 e. The molecule has 1 aliphatic heterocycles. The lowest BCUT2D eigenvalue weighted by atomic mass is 10.1. The highest BCUT2D eigenvalue weighted by Crippen LogP contribution is 2.24. The molecule has 1 aliphatic rings. The van der Waals surface area contributed by atoms with Gasteiger partial charge in [-0.2, -0.15) is 0 Å². The largest absolute Gasteiger partial charge is 0.481 e. The molecule has 0 aliphatic carbocycles. The molecule has 1 aromatic heterocycles. The van der Waals surface area contributed by atoms with Crippen LogP contribution in [0.4, 0.5) is 9.18 Å². The summed E-state index contributed by atoms with van der Waals surface area (Å²) in [5.74, 6) is -1.93. The Hall–Kier alpha value is -3.93. The minimum absolute atomic E-state index is 0.0119. The van der Waals surface area contributed by atoms with Crippen molar-refractivity contribution in [2.45, 2.75) is 71.6 Å². The fourth-order valence-electron chi connectivity index (χ4n) is 4.82. The smallest absolute Gasteiger partial charge is 0.407 e. The van der Waals surface area contributed by atoms with E-state index < -0.39 is 35.1 Å². The van der Waals surface area contributed by atoms with Crippen molar-refractivity contribution in [3.63, 3.8) is 0 Å². The maximum absolute atomic E-state index is 14.3. The summed E-state index contributed by atoms with van der Waals surface area (Å²) in [5.41, 5.74) is -0.114. The Balaban J connectivity index is 1.70. The Bertz CT molecular complexity index is 1520. The Morgan fingerprint density at radius 2 is 1.80 bits per heavy atom. The Kier molecular flexibility index (Phi) is 11.6. The van der Waals surface area contributed by atoms with Crippen molar-refractivity contribution in [2.24, 2.45) is 0 Å². The number of rotatable bonds is 12. The molecular weight excluding hydrogens is 607 g/mol. The van der Waals surface area contributed by atoms with Crippen LogP contribution < -0.4 is 10.2 Å². The van der Waals surface area contributed by atoms with Gasteiger partial charge in [-0.15, -0.1) is 0 Å². The third-order valence-electron chi connectivity index (χ3n) is 7.20. The van der Waals surface area contributed by atoms with Gasteiger partial charge in [-0.25, -0.2) is 9.18 Å². The number of amides is 2. The molecule has 2 amide bonds. The number of nitrogens with zero attached hydrogens (tertiary/aromatic N) is 2. The van der Waals surface area contributed by atoms with E-state index in [-0.39, 0.29) is 55.1 Å². The summed E-state index contributed by atoms with van der Waals surface area (Å²) in [6.07, 6.45) is 0.939. The molecule has 10 nitrogen and oxygen atoms in total. The van der Waals surface area contributed by atoms with Gasteiger partial charge in [-0.3, -0.25) is 9.59 Å². The van der Waals surface area contributed by atoms with Crippen LogP contribution >= 0.6 is 11.6 Å². The number of carboxylic acid groups (broad SMARTS) is 1. The van der Waals surface area contributed by atoms with Crippen molar-refractivity contribution in [2.75, 3.05) is 19.7 Å². The van der Waals surface area contributed by atoms with Crippen molar-refractivity contribution in [1.82, 2.24) is 9.80 Å². The van der Waals surface area contributed by atoms with Crippen LogP contribution in [0.25, 0.3) is 0 Å². The van der Waals surface area contributed by atoms with Crippen molar-refractivity contribution >= 4 is 23.6 Å². The normalized spacial score (nSPS) is 15.0. The van der Waals surface area contributed by atoms with E-state index >= 15 is 0 Å². The van der Waals surface area contributed by atoms with E-state index in [0.717, 1.165) is 18.4 Å². The summed E-state index contributed by atoms with van der Waals surface area (Å²) < 4.78 is 37.2. The van der Waals surface area contributed by atoms with E-state index in [0.29, 0.717) is 18.6 Å². The zero-order valence-corrected chi connectivity index (χ0v) is 26.3. The number of carbonyl (C=O) groups is 2. The van der Waals surface area contributed by atoms with Crippen molar-refractivity contribution < 1.29 is 37.7 Å². The van der Waals surface area contributed by atoms with E-state index in [1.165, 1.54) is 34.1 Å². The number of halogens is 2.